The van der Waals surface area contributed by atoms with Crippen molar-refractivity contribution in [2.45, 2.75) is 37.5 Å². The lowest BCUT2D eigenvalue weighted by Gasteiger charge is -2.44. The van der Waals surface area contributed by atoms with Gasteiger partial charge in [-0.25, -0.2) is 4.39 Å². The number of thiophene rings is 1. The lowest BCUT2D eigenvalue weighted by molar-refractivity contribution is -0.262. The van der Waals surface area contributed by atoms with Crippen LogP contribution < -0.4 is 9.80 Å². The summed E-state index contributed by atoms with van der Waals surface area (Å²) in [6.45, 7) is 2.57. The third kappa shape index (κ3) is 4.79. The second kappa shape index (κ2) is 9.40. The van der Waals surface area contributed by atoms with Gasteiger partial charge in [0.05, 0.1) is 28.5 Å². The molecule has 3 aromatic rings. The molecule has 2 N–H and O–H groups in total. The van der Waals surface area contributed by atoms with E-state index in [1.54, 1.807) is 35.7 Å². The highest BCUT2D eigenvalue weighted by Crippen LogP contribution is 2.46. The van der Waals surface area contributed by atoms with Gasteiger partial charge in [-0.15, -0.1) is 11.3 Å². The Hall–Kier alpha value is -3.11. The highest BCUT2D eigenvalue weighted by Gasteiger charge is 2.57. The van der Waals surface area contributed by atoms with Crippen molar-refractivity contribution < 1.29 is 32.6 Å². The lowest BCUT2D eigenvalue weighted by Crippen LogP contribution is -2.58. The van der Waals surface area contributed by atoms with E-state index in [9.17, 15) is 32.6 Å². The van der Waals surface area contributed by atoms with Gasteiger partial charge in [-0.3, -0.25) is 4.79 Å². The van der Waals surface area contributed by atoms with Crippen molar-refractivity contribution in [1.82, 2.24) is 0 Å². The van der Waals surface area contributed by atoms with Gasteiger partial charge in [0.2, 0.25) is 0 Å². The Labute approximate surface area is 210 Å². The fourth-order valence-corrected chi connectivity index (χ4v) is 5.60. The molecule has 0 saturated carbocycles. The molecular formula is C26H26F4N2O3S. The second-order valence-electron chi connectivity index (χ2n) is 9.60. The summed E-state index contributed by atoms with van der Waals surface area (Å²) in [5.74, 6) is -1.04. The summed E-state index contributed by atoms with van der Waals surface area (Å²) >= 11 is 1.28. The van der Waals surface area contributed by atoms with Crippen molar-refractivity contribution in [3.8, 4) is 5.75 Å². The molecule has 0 bridgehead atoms. The molecule has 1 unspecified atom stereocenters. The Morgan fingerprint density at radius 3 is 2.39 bits per heavy atom. The van der Waals surface area contributed by atoms with E-state index in [2.05, 4.69) is 0 Å². The molecule has 36 heavy (non-hydrogen) atoms. The van der Waals surface area contributed by atoms with Crippen molar-refractivity contribution in [3.05, 3.63) is 70.2 Å². The van der Waals surface area contributed by atoms with Crippen LogP contribution in [0.3, 0.4) is 0 Å². The summed E-state index contributed by atoms with van der Waals surface area (Å²) in [5.41, 5.74) is -2.81. The number of carbonyl (C=O) groups excluding carboxylic acids is 1. The van der Waals surface area contributed by atoms with Gasteiger partial charge in [0.15, 0.2) is 11.9 Å². The Morgan fingerprint density at radius 1 is 1.03 bits per heavy atom. The molecule has 10 heteroatoms. The molecule has 0 saturated heterocycles. The van der Waals surface area contributed by atoms with Crippen molar-refractivity contribution in [3.63, 3.8) is 0 Å². The molecular weight excluding hydrogens is 496 g/mol. The number of fused-ring (bicyclic) bond motifs is 1. The molecule has 1 aliphatic heterocycles. The van der Waals surface area contributed by atoms with E-state index in [1.807, 2.05) is 4.90 Å². The van der Waals surface area contributed by atoms with Gasteiger partial charge in [-0.05, 0) is 53.6 Å². The predicted octanol–water partition coefficient (Wildman–Crippen LogP) is 6.02. The maximum absolute atomic E-state index is 14.4. The predicted molar refractivity (Wildman–Crippen MR) is 132 cm³/mol. The number of alkyl halides is 3. The lowest BCUT2D eigenvalue weighted by atomic mass is 9.74. The molecule has 0 fully saturated rings. The van der Waals surface area contributed by atoms with Crippen LogP contribution in [-0.4, -0.2) is 47.9 Å². The van der Waals surface area contributed by atoms with Gasteiger partial charge in [0.1, 0.15) is 11.6 Å². The van der Waals surface area contributed by atoms with Gasteiger partial charge >= 0.3 is 6.18 Å². The maximum atomic E-state index is 14.4. The van der Waals surface area contributed by atoms with Crippen molar-refractivity contribution >= 4 is 34.7 Å². The highest BCUT2D eigenvalue weighted by molar-refractivity contribution is 7.12. The number of para-hydroxylation sites is 2. The number of aromatic hydroxyl groups is 1. The minimum Gasteiger partial charge on any atom is -0.508 e. The first-order valence-electron chi connectivity index (χ1n) is 11.3. The maximum Gasteiger partial charge on any atom is 0.418 e. The molecule has 5 nitrogen and oxygen atoms in total. The Kier molecular flexibility index (Phi) is 6.78. The van der Waals surface area contributed by atoms with E-state index in [1.165, 1.54) is 30.1 Å². The molecule has 1 atom stereocenters. The normalized spacial score (nSPS) is 16.0. The third-order valence-electron chi connectivity index (χ3n) is 6.58. The smallest absolute Gasteiger partial charge is 0.418 e. The minimum atomic E-state index is -5.00. The third-order valence-corrected chi connectivity index (χ3v) is 7.41. The van der Waals surface area contributed by atoms with Gasteiger partial charge in [-0.2, -0.15) is 13.2 Å². The first-order chi connectivity index (χ1) is 16.9. The highest BCUT2D eigenvalue weighted by atomic mass is 32.1. The van der Waals surface area contributed by atoms with Crippen LogP contribution in [0.1, 0.15) is 35.5 Å². The second-order valence-corrected chi connectivity index (χ2v) is 10.5. The Bertz CT molecular complexity index is 1260. The molecule has 192 valence electrons. The number of benzene rings is 2. The van der Waals surface area contributed by atoms with Crippen LogP contribution in [0.4, 0.5) is 34.6 Å². The SMILES string of the molecule is CC(C)(CC(O)(CN1CCN(c2ccsc2C=O)c2ccccc21)C(F)(F)F)c1cc(F)ccc1O. The van der Waals surface area contributed by atoms with Crippen LogP contribution in [0, 0.1) is 5.82 Å². The summed E-state index contributed by atoms with van der Waals surface area (Å²) in [6.07, 6.45) is -5.05. The summed E-state index contributed by atoms with van der Waals surface area (Å²) in [4.78, 5) is 15.4. The van der Waals surface area contributed by atoms with Gasteiger partial charge in [-0.1, -0.05) is 26.0 Å². The van der Waals surface area contributed by atoms with Crippen LogP contribution in [0.5, 0.6) is 5.75 Å². The molecule has 0 radical (unpaired) electrons. The van der Waals surface area contributed by atoms with Crippen molar-refractivity contribution in [2.75, 3.05) is 29.4 Å². The quantitative estimate of drug-likeness (QED) is 0.293. The molecule has 0 amide bonds. The van der Waals surface area contributed by atoms with Crippen LogP contribution in [0.2, 0.25) is 0 Å². The monoisotopic (exact) mass is 522 g/mol. The number of hydrogen-bond acceptors (Lipinski definition) is 6. The summed E-state index contributed by atoms with van der Waals surface area (Å²) in [5, 5.41) is 23.1. The number of halogens is 4. The zero-order chi connectivity index (χ0) is 26.3. The zero-order valence-corrected chi connectivity index (χ0v) is 20.5. The summed E-state index contributed by atoms with van der Waals surface area (Å²) < 4.78 is 57.1. The van der Waals surface area contributed by atoms with E-state index >= 15 is 0 Å². The number of rotatable bonds is 7. The zero-order valence-electron chi connectivity index (χ0n) is 19.7. The number of hydrogen-bond donors (Lipinski definition) is 2. The van der Waals surface area contributed by atoms with Crippen molar-refractivity contribution in [2.24, 2.45) is 0 Å². The van der Waals surface area contributed by atoms with Gasteiger partial charge in [0.25, 0.3) is 0 Å². The minimum absolute atomic E-state index is 0.0192. The van der Waals surface area contributed by atoms with E-state index < -0.39 is 36.0 Å². The van der Waals surface area contributed by atoms with Crippen LogP contribution in [0.25, 0.3) is 0 Å². The molecule has 2 aromatic carbocycles. The number of aliphatic hydroxyl groups is 1. The number of aldehydes is 1. The Balaban J connectivity index is 1.69. The summed E-state index contributed by atoms with van der Waals surface area (Å²) in [6, 6.07) is 11.8. The number of carbonyl (C=O) groups is 1. The van der Waals surface area contributed by atoms with E-state index in [-0.39, 0.29) is 17.9 Å². The number of phenols is 1. The fourth-order valence-electron chi connectivity index (χ4n) is 4.90. The number of β-amino-alcohol motifs (C(OH)–C–C–N with tert-alkyl or cyclic N) is 1. The van der Waals surface area contributed by atoms with Gasteiger partial charge in [0, 0.05) is 18.7 Å². The van der Waals surface area contributed by atoms with E-state index in [0.29, 0.717) is 28.5 Å². The molecule has 0 aliphatic carbocycles. The molecule has 1 aromatic heterocycles. The largest absolute Gasteiger partial charge is 0.508 e. The first kappa shape index (κ1) is 26.0. The van der Waals surface area contributed by atoms with E-state index in [0.717, 1.165) is 24.5 Å². The Morgan fingerprint density at radius 2 is 1.72 bits per heavy atom. The average Bonchev–Trinajstić information content (AvgIpc) is 3.28. The van der Waals surface area contributed by atoms with Crippen LogP contribution >= 0.6 is 11.3 Å². The molecule has 2 heterocycles. The molecule has 0 spiro atoms. The van der Waals surface area contributed by atoms with Gasteiger partial charge < -0.3 is 20.0 Å². The number of anilines is 3. The topological polar surface area (TPSA) is 64.0 Å². The van der Waals surface area contributed by atoms with E-state index in [4.69, 9.17) is 0 Å². The van der Waals surface area contributed by atoms with Crippen LogP contribution in [0.15, 0.2) is 53.9 Å². The number of nitrogens with zero attached hydrogens (tertiary/aromatic N) is 2. The molecule has 1 aliphatic rings. The first-order valence-corrected chi connectivity index (χ1v) is 12.2. The number of phenolic OH excluding ortho intramolecular Hbond substituents is 1. The standard InChI is InChI=1S/C26H26F4N2O3S/c1-24(2,18-13-17(27)7-8-22(18)34)15-25(35,26(28,29)30)16-31-10-11-32(20-6-4-3-5-19(20)31)21-9-12-36-23(21)14-33/h3-9,12-14,34-35H,10-11,15-16H2,1-2H3. The molecule has 4 rings (SSSR count). The van der Waals surface area contributed by atoms with Crippen molar-refractivity contribution in [1.29, 1.82) is 0 Å². The average molecular weight is 523 g/mol. The van der Waals surface area contributed by atoms with Crippen LogP contribution in [-0.2, 0) is 5.41 Å². The summed E-state index contributed by atoms with van der Waals surface area (Å²) in [7, 11) is 0. The fraction of sp³-hybridized carbons (Fsp3) is 0.346.